The van der Waals surface area contributed by atoms with Gasteiger partial charge in [-0.05, 0) is 55.5 Å². The minimum atomic E-state index is -0.907. The van der Waals surface area contributed by atoms with E-state index in [0.29, 0.717) is 0 Å². The molecule has 0 aliphatic carbocycles. The van der Waals surface area contributed by atoms with E-state index in [4.69, 9.17) is 0 Å². The molecule has 104 valence electrons. The lowest BCUT2D eigenvalue weighted by molar-refractivity contribution is -0.142. The molecular weight excluding hydrogens is 248 g/mol. The summed E-state index contributed by atoms with van der Waals surface area (Å²) in [5, 5.41) is 9.46. The zero-order chi connectivity index (χ0) is 14.9. The van der Waals surface area contributed by atoms with Gasteiger partial charge in [0.2, 0.25) is 0 Å². The van der Waals surface area contributed by atoms with Gasteiger partial charge in [0.25, 0.3) is 0 Å². The predicted molar refractivity (Wildman–Crippen MR) is 82.0 cm³/mol. The topological polar surface area (TPSA) is 37.3 Å². The highest BCUT2D eigenvalue weighted by molar-refractivity contribution is 5.84. The van der Waals surface area contributed by atoms with Crippen molar-refractivity contribution in [3.05, 3.63) is 59.2 Å². The molecule has 1 N–H and O–H groups in total. The van der Waals surface area contributed by atoms with Gasteiger partial charge in [0.05, 0.1) is 5.41 Å². The first-order valence-corrected chi connectivity index (χ1v) is 6.74. The molecule has 0 amide bonds. The van der Waals surface area contributed by atoms with Gasteiger partial charge in [-0.15, -0.1) is 0 Å². The Morgan fingerprint density at radius 3 is 2.25 bits per heavy atom. The number of benzene rings is 2. The minimum absolute atomic E-state index is 0.811. The first-order chi connectivity index (χ1) is 9.34. The molecule has 0 bridgehead atoms. The van der Waals surface area contributed by atoms with Crippen LogP contribution in [0.3, 0.4) is 0 Å². The standard InChI is InChI=1S/C18H20O2/c1-12-9-10-14(11-13(12)2)15-7-5-6-8-16(15)18(3,4)17(19)20/h5-11H,1-4H3,(H,19,20). The predicted octanol–water partition coefficient (Wildman–Crippen LogP) is 4.33. The van der Waals surface area contributed by atoms with E-state index in [1.807, 2.05) is 24.3 Å². The molecule has 0 aromatic heterocycles. The largest absolute Gasteiger partial charge is 0.481 e. The normalized spacial score (nSPS) is 11.4. The van der Waals surface area contributed by atoms with E-state index in [1.165, 1.54) is 11.1 Å². The molecule has 0 spiro atoms. The fourth-order valence-electron chi connectivity index (χ4n) is 2.30. The molecule has 2 rings (SSSR count). The molecule has 0 heterocycles. The molecule has 0 fully saturated rings. The maximum absolute atomic E-state index is 11.5. The minimum Gasteiger partial charge on any atom is -0.481 e. The van der Waals surface area contributed by atoms with Gasteiger partial charge in [-0.3, -0.25) is 4.79 Å². The molecule has 2 aromatic rings. The highest BCUT2D eigenvalue weighted by Gasteiger charge is 2.31. The van der Waals surface area contributed by atoms with Crippen molar-refractivity contribution in [1.82, 2.24) is 0 Å². The van der Waals surface area contributed by atoms with Crippen LogP contribution < -0.4 is 0 Å². The van der Waals surface area contributed by atoms with Gasteiger partial charge >= 0.3 is 5.97 Å². The maximum atomic E-state index is 11.5. The fraction of sp³-hybridized carbons (Fsp3) is 0.278. The molecule has 2 heteroatoms. The van der Waals surface area contributed by atoms with Crippen molar-refractivity contribution < 1.29 is 9.90 Å². The number of aliphatic carboxylic acids is 1. The fourth-order valence-corrected chi connectivity index (χ4v) is 2.30. The van der Waals surface area contributed by atoms with Crippen LogP contribution in [-0.2, 0) is 10.2 Å². The van der Waals surface area contributed by atoms with Crippen LogP contribution in [0, 0.1) is 13.8 Å². The van der Waals surface area contributed by atoms with Crippen LogP contribution in [0.4, 0.5) is 0 Å². The van der Waals surface area contributed by atoms with Gasteiger partial charge in [0.1, 0.15) is 0 Å². The van der Waals surface area contributed by atoms with Gasteiger partial charge in [0.15, 0.2) is 0 Å². The SMILES string of the molecule is Cc1ccc(-c2ccccc2C(C)(C)C(=O)O)cc1C. The van der Waals surface area contributed by atoms with Crippen LogP contribution in [0.25, 0.3) is 11.1 Å². The van der Waals surface area contributed by atoms with Gasteiger partial charge in [-0.1, -0.05) is 42.5 Å². The van der Waals surface area contributed by atoms with E-state index in [9.17, 15) is 9.90 Å². The average Bonchev–Trinajstić information content (AvgIpc) is 2.41. The van der Waals surface area contributed by atoms with Crippen molar-refractivity contribution in [3.63, 3.8) is 0 Å². The molecule has 0 atom stereocenters. The Bertz CT molecular complexity index is 654. The summed E-state index contributed by atoms with van der Waals surface area (Å²) < 4.78 is 0. The van der Waals surface area contributed by atoms with Crippen LogP contribution in [0.2, 0.25) is 0 Å². The van der Waals surface area contributed by atoms with E-state index in [1.54, 1.807) is 13.8 Å². The third-order valence-electron chi connectivity index (χ3n) is 3.95. The first kappa shape index (κ1) is 14.3. The summed E-state index contributed by atoms with van der Waals surface area (Å²) in [7, 11) is 0. The molecular formula is C18H20O2. The first-order valence-electron chi connectivity index (χ1n) is 6.74. The number of carboxylic acids is 1. The molecule has 0 saturated heterocycles. The van der Waals surface area contributed by atoms with E-state index in [-0.39, 0.29) is 0 Å². The highest BCUT2D eigenvalue weighted by atomic mass is 16.4. The van der Waals surface area contributed by atoms with Crippen LogP contribution in [0.15, 0.2) is 42.5 Å². The zero-order valence-corrected chi connectivity index (χ0v) is 12.4. The van der Waals surface area contributed by atoms with Crippen molar-refractivity contribution in [2.24, 2.45) is 0 Å². The molecule has 0 unspecified atom stereocenters. The van der Waals surface area contributed by atoms with Crippen LogP contribution in [0.1, 0.15) is 30.5 Å². The molecule has 20 heavy (non-hydrogen) atoms. The second kappa shape index (κ2) is 5.12. The van der Waals surface area contributed by atoms with Crippen LogP contribution >= 0.6 is 0 Å². The number of hydrogen-bond acceptors (Lipinski definition) is 1. The lowest BCUT2D eigenvalue weighted by atomic mass is 9.80. The van der Waals surface area contributed by atoms with Crippen LogP contribution in [0.5, 0.6) is 0 Å². The quantitative estimate of drug-likeness (QED) is 0.899. The third kappa shape index (κ3) is 2.46. The van der Waals surface area contributed by atoms with E-state index in [0.717, 1.165) is 16.7 Å². The molecule has 0 aliphatic rings. The van der Waals surface area contributed by atoms with Crippen molar-refractivity contribution in [2.75, 3.05) is 0 Å². The summed E-state index contributed by atoms with van der Waals surface area (Å²) in [5.74, 6) is -0.811. The van der Waals surface area contributed by atoms with Gasteiger partial charge < -0.3 is 5.11 Å². The second-order valence-electron chi connectivity index (χ2n) is 5.77. The Hall–Kier alpha value is -2.09. The zero-order valence-electron chi connectivity index (χ0n) is 12.4. The molecule has 0 saturated carbocycles. The second-order valence-corrected chi connectivity index (χ2v) is 5.77. The van der Waals surface area contributed by atoms with Crippen LogP contribution in [-0.4, -0.2) is 11.1 Å². The monoisotopic (exact) mass is 268 g/mol. The van der Waals surface area contributed by atoms with E-state index in [2.05, 4.69) is 32.0 Å². The number of carboxylic acid groups (broad SMARTS) is 1. The van der Waals surface area contributed by atoms with Crippen molar-refractivity contribution in [3.8, 4) is 11.1 Å². The van der Waals surface area contributed by atoms with Gasteiger partial charge in [-0.2, -0.15) is 0 Å². The third-order valence-corrected chi connectivity index (χ3v) is 3.95. The summed E-state index contributed by atoms with van der Waals surface area (Å²) in [6, 6.07) is 14.0. The Labute approximate surface area is 120 Å². The Balaban J connectivity index is 2.64. The van der Waals surface area contributed by atoms with Crippen molar-refractivity contribution >= 4 is 5.97 Å². The van der Waals surface area contributed by atoms with Crippen molar-refractivity contribution in [1.29, 1.82) is 0 Å². The Kier molecular flexibility index (Phi) is 3.67. The Morgan fingerprint density at radius 1 is 1.00 bits per heavy atom. The lowest BCUT2D eigenvalue weighted by Crippen LogP contribution is -2.29. The smallest absolute Gasteiger partial charge is 0.313 e. The number of rotatable bonds is 3. The molecule has 2 aromatic carbocycles. The maximum Gasteiger partial charge on any atom is 0.313 e. The van der Waals surface area contributed by atoms with Gasteiger partial charge in [0, 0.05) is 0 Å². The van der Waals surface area contributed by atoms with Gasteiger partial charge in [-0.25, -0.2) is 0 Å². The lowest BCUT2D eigenvalue weighted by Gasteiger charge is -2.23. The summed E-state index contributed by atoms with van der Waals surface area (Å²) in [4.78, 5) is 11.5. The molecule has 0 radical (unpaired) electrons. The summed E-state index contributed by atoms with van der Waals surface area (Å²) >= 11 is 0. The van der Waals surface area contributed by atoms with E-state index >= 15 is 0 Å². The number of carbonyl (C=O) groups is 1. The van der Waals surface area contributed by atoms with E-state index < -0.39 is 11.4 Å². The number of aryl methyl sites for hydroxylation is 2. The molecule has 2 nitrogen and oxygen atoms in total. The number of hydrogen-bond donors (Lipinski definition) is 1. The highest BCUT2D eigenvalue weighted by Crippen LogP contribution is 2.34. The summed E-state index contributed by atoms with van der Waals surface area (Å²) in [6.07, 6.45) is 0. The average molecular weight is 268 g/mol. The summed E-state index contributed by atoms with van der Waals surface area (Å²) in [5.41, 5.74) is 4.45. The summed E-state index contributed by atoms with van der Waals surface area (Å²) in [6.45, 7) is 7.64. The Morgan fingerprint density at radius 2 is 1.65 bits per heavy atom. The molecule has 0 aliphatic heterocycles. The van der Waals surface area contributed by atoms with Crippen molar-refractivity contribution in [2.45, 2.75) is 33.1 Å².